The molecule has 1 atom stereocenters. The third-order valence-corrected chi connectivity index (χ3v) is 3.04. The van der Waals surface area contributed by atoms with Crippen LogP contribution in [0.25, 0.3) is 0 Å². The topological polar surface area (TPSA) is 53.3 Å². The number of esters is 1. The van der Waals surface area contributed by atoms with Gasteiger partial charge in [0, 0.05) is 11.7 Å². The third-order valence-electron chi connectivity index (χ3n) is 3.04. The Hall–Kier alpha value is -2.28. The van der Waals surface area contributed by atoms with Gasteiger partial charge in [0.2, 0.25) is 0 Å². The smallest absolute Gasteiger partial charge is 0.333 e. The molecule has 1 aliphatic rings. The molecule has 4 nitrogen and oxygen atoms in total. The molecule has 0 radical (unpaired) electrons. The average Bonchev–Trinajstić information content (AvgIpc) is 2.71. The number of nitriles is 1. The first kappa shape index (κ1) is 12.2. The van der Waals surface area contributed by atoms with Crippen LogP contribution in [0.4, 0.5) is 5.69 Å². The number of ether oxygens (including phenoxy) is 1. The van der Waals surface area contributed by atoms with Crippen molar-refractivity contribution in [1.29, 1.82) is 5.26 Å². The number of anilines is 1. The van der Waals surface area contributed by atoms with E-state index in [0.29, 0.717) is 5.70 Å². The maximum atomic E-state index is 11.3. The van der Waals surface area contributed by atoms with Crippen LogP contribution in [0.1, 0.15) is 12.5 Å². The summed E-state index contributed by atoms with van der Waals surface area (Å²) in [6.45, 7) is 2.03. The van der Waals surface area contributed by atoms with Crippen molar-refractivity contribution >= 4 is 11.7 Å². The Morgan fingerprint density at radius 3 is 2.94 bits per heavy atom. The van der Waals surface area contributed by atoms with Crippen molar-refractivity contribution in [3.63, 3.8) is 0 Å². The van der Waals surface area contributed by atoms with E-state index in [9.17, 15) is 10.1 Å². The number of fused-ring (bicyclic) bond motifs is 1. The van der Waals surface area contributed by atoms with Crippen molar-refractivity contribution in [3.8, 4) is 6.07 Å². The minimum atomic E-state index is -0.511. The summed E-state index contributed by atoms with van der Waals surface area (Å²) in [5, 5.41) is 9.21. The zero-order valence-electron chi connectivity index (χ0n) is 10.4. The summed E-state index contributed by atoms with van der Waals surface area (Å²) in [5.41, 5.74) is 2.50. The molecule has 1 aliphatic heterocycles. The molecule has 0 aliphatic carbocycles. The highest BCUT2D eigenvalue weighted by Gasteiger charge is 2.28. The highest BCUT2D eigenvalue weighted by atomic mass is 16.5. The quantitative estimate of drug-likeness (QED) is 0.452. The zero-order chi connectivity index (χ0) is 13.1. The molecular weight excluding hydrogens is 228 g/mol. The molecule has 0 aromatic heterocycles. The molecule has 0 N–H and O–H groups in total. The fraction of sp³-hybridized carbons (Fsp3) is 0.286. The summed E-state index contributed by atoms with van der Waals surface area (Å²) in [6.07, 6.45) is 2.11. The predicted molar refractivity (Wildman–Crippen MR) is 67.8 cm³/mol. The lowest BCUT2D eigenvalue weighted by Gasteiger charge is -2.23. The first-order chi connectivity index (χ1) is 8.67. The summed E-state index contributed by atoms with van der Waals surface area (Å²) < 4.78 is 4.57. The van der Waals surface area contributed by atoms with Gasteiger partial charge in [0.25, 0.3) is 0 Å². The van der Waals surface area contributed by atoms with E-state index in [1.54, 1.807) is 0 Å². The van der Waals surface area contributed by atoms with Crippen LogP contribution < -0.4 is 4.90 Å². The second-order valence-electron chi connectivity index (χ2n) is 4.22. The first-order valence-electron chi connectivity index (χ1n) is 5.74. The summed E-state index contributed by atoms with van der Waals surface area (Å²) >= 11 is 0. The van der Waals surface area contributed by atoms with Gasteiger partial charge in [0.15, 0.2) is 0 Å². The fourth-order valence-corrected chi connectivity index (χ4v) is 2.26. The van der Waals surface area contributed by atoms with Crippen LogP contribution in [0.15, 0.2) is 36.0 Å². The Labute approximate surface area is 106 Å². The lowest BCUT2D eigenvalue weighted by Crippen LogP contribution is -2.28. The molecule has 0 amide bonds. The zero-order valence-corrected chi connectivity index (χ0v) is 10.4. The van der Waals surface area contributed by atoms with Crippen LogP contribution in [0.3, 0.4) is 0 Å². The monoisotopic (exact) mass is 242 g/mol. The van der Waals surface area contributed by atoms with Crippen molar-refractivity contribution in [1.82, 2.24) is 0 Å². The van der Waals surface area contributed by atoms with Gasteiger partial charge in [-0.15, -0.1) is 0 Å². The van der Waals surface area contributed by atoms with Crippen LogP contribution in [-0.4, -0.2) is 19.1 Å². The maximum absolute atomic E-state index is 11.3. The van der Waals surface area contributed by atoms with E-state index in [-0.39, 0.29) is 6.04 Å². The number of allylic oxidation sites excluding steroid dienone is 1. The molecule has 0 unspecified atom stereocenters. The van der Waals surface area contributed by atoms with Crippen molar-refractivity contribution in [3.05, 3.63) is 41.6 Å². The molecule has 0 spiro atoms. The average molecular weight is 242 g/mol. The van der Waals surface area contributed by atoms with Crippen LogP contribution >= 0.6 is 0 Å². The largest absolute Gasteiger partial charge is 0.466 e. The van der Waals surface area contributed by atoms with Gasteiger partial charge in [-0.3, -0.25) is 0 Å². The summed E-state index contributed by atoms with van der Waals surface area (Å²) in [5.74, 6) is -0.511. The van der Waals surface area contributed by atoms with Gasteiger partial charge < -0.3 is 9.64 Å². The minimum Gasteiger partial charge on any atom is -0.466 e. The molecule has 92 valence electrons. The van der Waals surface area contributed by atoms with E-state index in [4.69, 9.17) is 0 Å². The van der Waals surface area contributed by atoms with Crippen LogP contribution in [0.5, 0.6) is 0 Å². The van der Waals surface area contributed by atoms with Crippen molar-refractivity contribution in [2.24, 2.45) is 0 Å². The maximum Gasteiger partial charge on any atom is 0.333 e. The van der Waals surface area contributed by atoms with Crippen LogP contribution in [0.2, 0.25) is 0 Å². The van der Waals surface area contributed by atoms with Gasteiger partial charge >= 0.3 is 5.97 Å². The van der Waals surface area contributed by atoms with Crippen molar-refractivity contribution in [2.75, 3.05) is 12.0 Å². The number of hydrogen-bond acceptors (Lipinski definition) is 4. The Morgan fingerprint density at radius 2 is 2.28 bits per heavy atom. The Balaban J connectivity index is 2.41. The summed E-state index contributed by atoms with van der Waals surface area (Å²) in [6, 6.07) is 10.1. The van der Waals surface area contributed by atoms with Crippen LogP contribution in [0, 0.1) is 11.3 Å². The molecule has 0 saturated heterocycles. The number of rotatable bonds is 2. The molecule has 1 heterocycles. The Morgan fingerprint density at radius 1 is 1.56 bits per heavy atom. The van der Waals surface area contributed by atoms with E-state index in [1.807, 2.05) is 36.1 Å². The Kier molecular flexibility index (Phi) is 3.33. The minimum absolute atomic E-state index is 0.165. The van der Waals surface area contributed by atoms with E-state index in [2.05, 4.69) is 10.8 Å². The van der Waals surface area contributed by atoms with E-state index in [0.717, 1.165) is 12.1 Å². The number of hydrogen-bond donors (Lipinski definition) is 0. The number of para-hydroxylation sites is 1. The second kappa shape index (κ2) is 4.92. The fourth-order valence-electron chi connectivity index (χ4n) is 2.26. The van der Waals surface area contributed by atoms with E-state index < -0.39 is 5.97 Å². The normalized spacial score (nSPS) is 18.2. The molecular formula is C14H14N2O2. The second-order valence-corrected chi connectivity index (χ2v) is 4.22. The number of carbonyl (C=O) groups excluding carboxylic acids is 1. The molecule has 1 aromatic rings. The highest BCUT2D eigenvalue weighted by molar-refractivity contribution is 5.85. The molecule has 0 saturated carbocycles. The standard InChI is InChI=1S/C14H14N2O2/c1-10-7-11-5-3-4-6-13(11)16(10)12(9-15)8-14(17)18-2/h3-6,8,10H,7H2,1-2H3/t10-/m0/s1. The van der Waals surface area contributed by atoms with Crippen LogP contribution in [-0.2, 0) is 16.0 Å². The molecule has 18 heavy (non-hydrogen) atoms. The molecule has 0 fully saturated rings. The first-order valence-corrected chi connectivity index (χ1v) is 5.74. The number of nitrogens with zero attached hydrogens (tertiary/aromatic N) is 2. The molecule has 4 heteroatoms. The Bertz CT molecular complexity index is 543. The number of carbonyl (C=O) groups is 1. The number of methoxy groups -OCH3 is 1. The summed E-state index contributed by atoms with van der Waals surface area (Å²) in [4.78, 5) is 13.2. The highest BCUT2D eigenvalue weighted by Crippen LogP contribution is 2.34. The lowest BCUT2D eigenvalue weighted by molar-refractivity contribution is -0.134. The van der Waals surface area contributed by atoms with Gasteiger partial charge in [-0.25, -0.2) is 4.79 Å². The molecule has 0 bridgehead atoms. The molecule has 1 aromatic carbocycles. The predicted octanol–water partition coefficient (Wildman–Crippen LogP) is 2.02. The van der Waals surface area contributed by atoms with Gasteiger partial charge in [0.1, 0.15) is 11.8 Å². The van der Waals surface area contributed by atoms with E-state index in [1.165, 1.54) is 18.7 Å². The van der Waals surface area contributed by atoms with Gasteiger partial charge in [0.05, 0.1) is 13.2 Å². The number of benzene rings is 1. The lowest BCUT2D eigenvalue weighted by atomic mass is 10.1. The molecule has 2 rings (SSSR count). The SMILES string of the molecule is COC(=O)C=C(C#N)N1c2ccccc2C[C@@H]1C. The van der Waals surface area contributed by atoms with Crippen molar-refractivity contribution < 1.29 is 9.53 Å². The van der Waals surface area contributed by atoms with E-state index >= 15 is 0 Å². The van der Waals surface area contributed by atoms with Gasteiger partial charge in [-0.1, -0.05) is 18.2 Å². The van der Waals surface area contributed by atoms with Gasteiger partial charge in [-0.2, -0.15) is 5.26 Å². The third kappa shape index (κ3) is 2.07. The van der Waals surface area contributed by atoms with Crippen molar-refractivity contribution in [2.45, 2.75) is 19.4 Å². The summed E-state index contributed by atoms with van der Waals surface area (Å²) in [7, 11) is 1.30. The van der Waals surface area contributed by atoms with Gasteiger partial charge in [-0.05, 0) is 25.0 Å².